The number of nitrogens with zero attached hydrogens (tertiary/aromatic N) is 3. The normalized spacial score (nSPS) is 16.1. The van der Waals surface area contributed by atoms with E-state index in [1.54, 1.807) is 11.3 Å². The van der Waals surface area contributed by atoms with Crippen molar-refractivity contribution < 1.29 is 0 Å². The molecule has 0 N–H and O–H groups in total. The van der Waals surface area contributed by atoms with Crippen LogP contribution in [0.3, 0.4) is 0 Å². The molecule has 0 saturated carbocycles. The van der Waals surface area contributed by atoms with Crippen molar-refractivity contribution in [2.24, 2.45) is 16.3 Å². The number of para-hydroxylation sites is 1. The molecule has 1 aliphatic carbocycles. The highest BCUT2D eigenvalue weighted by Gasteiger charge is 2.32. The van der Waals surface area contributed by atoms with E-state index in [-0.39, 0.29) is 5.41 Å². The second-order valence-electron chi connectivity index (χ2n) is 10.2. The monoisotopic (exact) mass is 485 g/mol. The summed E-state index contributed by atoms with van der Waals surface area (Å²) in [5.41, 5.74) is 5.70. The predicted octanol–water partition coefficient (Wildman–Crippen LogP) is 8.18. The minimum absolute atomic E-state index is 0.282. The van der Waals surface area contributed by atoms with E-state index in [0.29, 0.717) is 5.92 Å². The molecule has 0 bridgehead atoms. The highest BCUT2D eigenvalue weighted by Crippen LogP contribution is 2.45. The van der Waals surface area contributed by atoms with E-state index in [9.17, 15) is 5.26 Å². The smallest absolute Gasteiger partial charge is 0.134 e. The molecular formula is C29H28ClN3S. The van der Waals surface area contributed by atoms with Crippen LogP contribution in [0.4, 0.5) is 5.00 Å². The van der Waals surface area contributed by atoms with Gasteiger partial charge >= 0.3 is 0 Å². The van der Waals surface area contributed by atoms with Gasteiger partial charge < -0.3 is 4.57 Å². The molecule has 0 radical (unpaired) electrons. The molecule has 2 heterocycles. The van der Waals surface area contributed by atoms with Gasteiger partial charge in [-0.25, -0.2) is 4.99 Å². The van der Waals surface area contributed by atoms with Crippen LogP contribution >= 0.6 is 22.9 Å². The molecule has 0 unspecified atom stereocenters. The number of thiophene rings is 1. The Morgan fingerprint density at radius 2 is 1.94 bits per heavy atom. The largest absolute Gasteiger partial charge is 0.342 e. The number of hydrogen-bond acceptors (Lipinski definition) is 3. The molecule has 2 aromatic heterocycles. The van der Waals surface area contributed by atoms with Crippen LogP contribution in [-0.4, -0.2) is 10.8 Å². The first-order valence-electron chi connectivity index (χ1n) is 11.7. The van der Waals surface area contributed by atoms with Crippen LogP contribution in [0.2, 0.25) is 5.02 Å². The number of fused-ring (bicyclic) bond motifs is 2. The fraction of sp³-hybridized carbons (Fsp3) is 0.310. The molecule has 1 atom stereocenters. The SMILES string of the molecule is CC(C)(C)[C@H]1CCc2c(sc(N=Cc3cn(Cc4ccc(Cl)cc4)c4ccccc34)c2C#N)C1. The lowest BCUT2D eigenvalue weighted by atomic mass is 9.72. The molecule has 0 amide bonds. The Kier molecular flexibility index (Phi) is 6.10. The second kappa shape index (κ2) is 9.06. The first-order chi connectivity index (χ1) is 16.3. The maximum atomic E-state index is 9.92. The van der Waals surface area contributed by atoms with Crippen LogP contribution in [0.1, 0.15) is 54.3 Å². The fourth-order valence-electron chi connectivity index (χ4n) is 4.94. The van der Waals surface area contributed by atoms with E-state index < -0.39 is 0 Å². The summed E-state index contributed by atoms with van der Waals surface area (Å²) in [6.07, 6.45) is 7.25. The average molecular weight is 486 g/mol. The second-order valence-corrected chi connectivity index (χ2v) is 11.7. The molecular weight excluding hydrogens is 458 g/mol. The van der Waals surface area contributed by atoms with E-state index in [1.807, 2.05) is 18.3 Å². The maximum absolute atomic E-state index is 9.92. The van der Waals surface area contributed by atoms with E-state index in [0.717, 1.165) is 57.9 Å². The van der Waals surface area contributed by atoms with E-state index in [4.69, 9.17) is 16.6 Å². The summed E-state index contributed by atoms with van der Waals surface area (Å²) in [6, 6.07) is 18.8. The number of aliphatic imine (C=N–C) groups is 1. The van der Waals surface area contributed by atoms with E-state index in [1.165, 1.54) is 16.0 Å². The minimum atomic E-state index is 0.282. The molecule has 0 aliphatic heterocycles. The first kappa shape index (κ1) is 22.9. The van der Waals surface area contributed by atoms with Crippen LogP contribution in [0.5, 0.6) is 0 Å². The Morgan fingerprint density at radius 3 is 2.68 bits per heavy atom. The van der Waals surface area contributed by atoms with Gasteiger partial charge in [0.05, 0.1) is 5.56 Å². The number of aromatic nitrogens is 1. The molecule has 2 aromatic carbocycles. The quantitative estimate of drug-likeness (QED) is 0.268. The predicted molar refractivity (Wildman–Crippen MR) is 144 cm³/mol. The van der Waals surface area contributed by atoms with Crippen molar-refractivity contribution in [3.63, 3.8) is 0 Å². The third kappa shape index (κ3) is 4.43. The molecule has 4 aromatic rings. The van der Waals surface area contributed by atoms with Crippen molar-refractivity contribution in [2.75, 3.05) is 0 Å². The molecule has 0 saturated heterocycles. The van der Waals surface area contributed by atoms with Crippen LogP contribution in [0.25, 0.3) is 10.9 Å². The van der Waals surface area contributed by atoms with Crippen LogP contribution < -0.4 is 0 Å². The minimum Gasteiger partial charge on any atom is -0.342 e. The molecule has 3 nitrogen and oxygen atoms in total. The lowest BCUT2D eigenvalue weighted by Crippen LogP contribution is -2.26. The highest BCUT2D eigenvalue weighted by molar-refractivity contribution is 7.16. The summed E-state index contributed by atoms with van der Waals surface area (Å²) in [6.45, 7) is 7.72. The number of benzene rings is 2. The Bertz CT molecular complexity index is 1410. The highest BCUT2D eigenvalue weighted by atomic mass is 35.5. The number of hydrogen-bond donors (Lipinski definition) is 0. The Morgan fingerprint density at radius 1 is 1.18 bits per heavy atom. The van der Waals surface area contributed by atoms with Crippen molar-refractivity contribution in [3.8, 4) is 6.07 Å². The molecule has 5 rings (SSSR count). The fourth-order valence-corrected chi connectivity index (χ4v) is 6.29. The Hall–Kier alpha value is -2.87. The summed E-state index contributed by atoms with van der Waals surface area (Å²) < 4.78 is 2.25. The molecule has 5 heteroatoms. The first-order valence-corrected chi connectivity index (χ1v) is 12.9. The van der Waals surface area contributed by atoms with Crippen LogP contribution in [-0.2, 0) is 19.4 Å². The van der Waals surface area contributed by atoms with Gasteiger partial charge in [0.2, 0.25) is 0 Å². The maximum Gasteiger partial charge on any atom is 0.134 e. The zero-order chi connectivity index (χ0) is 23.9. The van der Waals surface area contributed by atoms with Crippen LogP contribution in [0, 0.1) is 22.7 Å². The van der Waals surface area contributed by atoms with Gasteiger partial charge in [-0.1, -0.05) is 62.7 Å². The third-order valence-corrected chi connectivity index (χ3v) is 8.40. The zero-order valence-electron chi connectivity index (χ0n) is 19.8. The van der Waals surface area contributed by atoms with Crippen molar-refractivity contribution in [1.82, 2.24) is 4.57 Å². The van der Waals surface area contributed by atoms with Crippen molar-refractivity contribution in [2.45, 2.75) is 46.6 Å². The van der Waals surface area contributed by atoms with Gasteiger partial charge in [-0.05, 0) is 59.9 Å². The van der Waals surface area contributed by atoms with Gasteiger partial charge in [0.25, 0.3) is 0 Å². The molecule has 1 aliphatic rings. The van der Waals surface area contributed by atoms with E-state index >= 15 is 0 Å². The van der Waals surface area contributed by atoms with Gasteiger partial charge in [-0.15, -0.1) is 11.3 Å². The van der Waals surface area contributed by atoms with Crippen LogP contribution in [0.15, 0.2) is 59.7 Å². The third-order valence-electron chi connectivity index (χ3n) is 6.99. The van der Waals surface area contributed by atoms with Crippen molar-refractivity contribution >= 4 is 45.1 Å². The van der Waals surface area contributed by atoms with Gasteiger partial charge in [-0.3, -0.25) is 0 Å². The standard InChI is InChI=1S/C29H28ClN3S/c1-29(2,3)21-10-13-24-25(15-31)28(34-27(24)14-21)32-16-20-18-33(26-7-5-4-6-23(20)26)17-19-8-11-22(30)12-9-19/h4-9,11-12,16,18,21H,10,13-14,17H2,1-3H3/t21-/m0/s1. The van der Waals surface area contributed by atoms with E-state index in [2.05, 4.69) is 74.0 Å². The summed E-state index contributed by atoms with van der Waals surface area (Å²) >= 11 is 7.76. The lowest BCUT2D eigenvalue weighted by molar-refractivity contribution is 0.218. The number of nitriles is 1. The summed E-state index contributed by atoms with van der Waals surface area (Å²) in [4.78, 5) is 6.21. The lowest BCUT2D eigenvalue weighted by Gasteiger charge is -2.33. The zero-order valence-corrected chi connectivity index (χ0v) is 21.4. The molecule has 34 heavy (non-hydrogen) atoms. The summed E-state index contributed by atoms with van der Waals surface area (Å²) in [5.74, 6) is 0.646. The summed E-state index contributed by atoms with van der Waals surface area (Å²) in [5, 5.41) is 12.7. The average Bonchev–Trinajstić information content (AvgIpc) is 3.35. The summed E-state index contributed by atoms with van der Waals surface area (Å²) in [7, 11) is 0. The topological polar surface area (TPSA) is 41.1 Å². The Labute approximate surface area is 210 Å². The molecule has 172 valence electrons. The van der Waals surface area contributed by atoms with Gasteiger partial charge in [0, 0.05) is 45.3 Å². The van der Waals surface area contributed by atoms with Gasteiger partial charge in [0.1, 0.15) is 11.1 Å². The number of rotatable bonds is 4. The molecule has 0 fully saturated rings. The molecule has 0 spiro atoms. The van der Waals surface area contributed by atoms with Crippen molar-refractivity contribution in [1.29, 1.82) is 5.26 Å². The van der Waals surface area contributed by atoms with Gasteiger partial charge in [-0.2, -0.15) is 5.26 Å². The number of halogens is 1. The van der Waals surface area contributed by atoms with Crippen molar-refractivity contribution in [3.05, 3.63) is 86.9 Å². The van der Waals surface area contributed by atoms with Gasteiger partial charge in [0.15, 0.2) is 0 Å². The Balaban J connectivity index is 1.48.